The first-order valence-corrected chi connectivity index (χ1v) is 10.1. The van der Waals surface area contributed by atoms with Crippen molar-refractivity contribution in [2.75, 3.05) is 19.9 Å². The Bertz CT molecular complexity index is 654. The molecule has 134 valence electrons. The Morgan fingerprint density at radius 2 is 1.92 bits per heavy atom. The monoisotopic (exact) mass is 354 g/mol. The minimum absolute atomic E-state index is 0.112. The quantitative estimate of drug-likeness (QED) is 0.811. The highest BCUT2D eigenvalue weighted by molar-refractivity contribution is 7.88. The minimum atomic E-state index is -3.51. The molecule has 7 heteroatoms. The topological polar surface area (TPSA) is 75.7 Å². The molecule has 0 aromatic heterocycles. The summed E-state index contributed by atoms with van der Waals surface area (Å²) in [4.78, 5) is 12.3. The maximum atomic E-state index is 12.3. The van der Waals surface area contributed by atoms with Gasteiger partial charge in [-0.25, -0.2) is 8.42 Å². The van der Waals surface area contributed by atoms with Crippen molar-refractivity contribution in [3.63, 3.8) is 0 Å². The summed E-state index contributed by atoms with van der Waals surface area (Å²) in [6, 6.07) is 7.39. The molecule has 1 aromatic carbocycles. The van der Waals surface area contributed by atoms with E-state index >= 15 is 0 Å². The lowest BCUT2D eigenvalue weighted by atomic mass is 9.95. The maximum Gasteiger partial charge on any atom is 0.235 e. The summed E-state index contributed by atoms with van der Waals surface area (Å²) in [5.74, 6) is 0.362. The average molecular weight is 354 g/mol. The van der Waals surface area contributed by atoms with E-state index in [-0.39, 0.29) is 25.0 Å². The molecule has 1 aliphatic rings. The van der Waals surface area contributed by atoms with Crippen molar-refractivity contribution in [1.82, 2.24) is 9.62 Å². The second-order valence-electron chi connectivity index (χ2n) is 6.25. The first kappa shape index (κ1) is 18.7. The molecular formula is C17H26N2O4S. The molecule has 0 aliphatic heterocycles. The fourth-order valence-corrected chi connectivity index (χ4v) is 3.72. The van der Waals surface area contributed by atoms with E-state index in [4.69, 9.17) is 4.74 Å². The van der Waals surface area contributed by atoms with Crippen LogP contribution >= 0.6 is 0 Å². The first-order valence-electron chi connectivity index (χ1n) is 8.26. The van der Waals surface area contributed by atoms with Crippen molar-refractivity contribution in [3.05, 3.63) is 29.8 Å². The Morgan fingerprint density at radius 1 is 1.25 bits per heavy atom. The van der Waals surface area contributed by atoms with Gasteiger partial charge in [0.1, 0.15) is 5.75 Å². The summed E-state index contributed by atoms with van der Waals surface area (Å²) in [7, 11) is -1.97. The number of benzene rings is 1. The highest BCUT2D eigenvalue weighted by Crippen LogP contribution is 2.21. The molecule has 0 atom stereocenters. The summed E-state index contributed by atoms with van der Waals surface area (Å²) in [5, 5.41) is 2.96. The van der Waals surface area contributed by atoms with Gasteiger partial charge in [0, 0.05) is 18.2 Å². The van der Waals surface area contributed by atoms with Crippen LogP contribution in [-0.2, 0) is 21.4 Å². The number of ether oxygens (including phenoxy) is 1. The van der Waals surface area contributed by atoms with Crippen LogP contribution in [0.3, 0.4) is 0 Å². The van der Waals surface area contributed by atoms with Gasteiger partial charge in [-0.1, -0.05) is 37.5 Å². The molecule has 1 amide bonds. The molecule has 0 radical (unpaired) electrons. The Labute approximate surface area is 144 Å². The molecule has 1 N–H and O–H groups in total. The van der Waals surface area contributed by atoms with Crippen LogP contribution in [0.5, 0.6) is 5.75 Å². The van der Waals surface area contributed by atoms with Crippen molar-refractivity contribution in [1.29, 1.82) is 0 Å². The van der Waals surface area contributed by atoms with Crippen LogP contribution < -0.4 is 10.1 Å². The highest BCUT2D eigenvalue weighted by atomic mass is 32.2. The number of methoxy groups -OCH3 is 1. The number of sulfonamides is 1. The molecule has 0 heterocycles. The van der Waals surface area contributed by atoms with Gasteiger partial charge in [0.05, 0.1) is 19.9 Å². The number of nitrogens with zero attached hydrogens (tertiary/aromatic N) is 1. The third kappa shape index (κ3) is 5.49. The van der Waals surface area contributed by atoms with Crippen molar-refractivity contribution >= 4 is 15.9 Å². The Balaban J connectivity index is 2.04. The molecule has 1 aliphatic carbocycles. The van der Waals surface area contributed by atoms with Crippen LogP contribution in [0, 0.1) is 0 Å². The van der Waals surface area contributed by atoms with Gasteiger partial charge in [0.2, 0.25) is 15.9 Å². The number of carbonyl (C=O) groups excluding carboxylic acids is 1. The molecule has 0 bridgehead atoms. The van der Waals surface area contributed by atoms with Crippen molar-refractivity contribution in [2.24, 2.45) is 0 Å². The third-order valence-corrected chi connectivity index (χ3v) is 5.49. The van der Waals surface area contributed by atoms with E-state index in [1.165, 1.54) is 10.7 Å². The van der Waals surface area contributed by atoms with Crippen LogP contribution in [0.25, 0.3) is 0 Å². The number of nitrogens with one attached hydrogen (secondary N) is 1. The van der Waals surface area contributed by atoms with Gasteiger partial charge in [-0.3, -0.25) is 4.79 Å². The van der Waals surface area contributed by atoms with Gasteiger partial charge < -0.3 is 10.1 Å². The molecule has 1 aromatic rings. The summed E-state index contributed by atoms with van der Waals surface area (Å²) < 4.78 is 30.6. The number of hydrogen-bond acceptors (Lipinski definition) is 4. The lowest BCUT2D eigenvalue weighted by Gasteiger charge is -2.25. The molecular weight excluding hydrogens is 328 g/mol. The third-order valence-electron chi connectivity index (χ3n) is 4.30. The molecule has 1 saturated carbocycles. The van der Waals surface area contributed by atoms with Gasteiger partial charge in [-0.05, 0) is 18.9 Å². The lowest BCUT2D eigenvalue weighted by molar-refractivity contribution is -0.122. The normalized spacial score (nSPS) is 16.1. The van der Waals surface area contributed by atoms with Crippen LogP contribution in [0.2, 0.25) is 0 Å². The lowest BCUT2D eigenvalue weighted by Crippen LogP contribution is -2.44. The van der Waals surface area contributed by atoms with Crippen LogP contribution in [0.1, 0.15) is 37.7 Å². The van der Waals surface area contributed by atoms with Gasteiger partial charge >= 0.3 is 0 Å². The van der Waals surface area contributed by atoms with Gasteiger partial charge in [0.25, 0.3) is 0 Å². The summed E-state index contributed by atoms with van der Waals surface area (Å²) in [6.45, 7) is -0.0612. The van der Waals surface area contributed by atoms with Gasteiger partial charge in [-0.15, -0.1) is 0 Å². The Hall–Kier alpha value is -1.60. The number of amides is 1. The van der Waals surface area contributed by atoms with Crippen LogP contribution in [0.4, 0.5) is 0 Å². The zero-order valence-corrected chi connectivity index (χ0v) is 15.1. The molecule has 0 unspecified atom stereocenters. The van der Waals surface area contributed by atoms with Crippen molar-refractivity contribution in [3.8, 4) is 5.75 Å². The minimum Gasteiger partial charge on any atom is -0.496 e. The molecule has 2 rings (SSSR count). The average Bonchev–Trinajstić information content (AvgIpc) is 2.54. The van der Waals surface area contributed by atoms with Crippen LogP contribution in [0.15, 0.2) is 24.3 Å². The largest absolute Gasteiger partial charge is 0.496 e. The van der Waals surface area contributed by atoms with Crippen molar-refractivity contribution < 1.29 is 17.9 Å². The standard InChI is InChI=1S/C17H26N2O4S/c1-23-16-11-7-6-8-14(16)12-19(24(2,21)22)13-17(20)18-15-9-4-3-5-10-15/h6-8,11,15H,3-5,9-10,12-13H2,1-2H3,(H,18,20). The second kappa shape index (κ2) is 8.48. The zero-order valence-electron chi connectivity index (χ0n) is 14.3. The molecule has 24 heavy (non-hydrogen) atoms. The van der Waals surface area contributed by atoms with E-state index in [1.54, 1.807) is 19.2 Å². The number of para-hydroxylation sites is 1. The maximum absolute atomic E-state index is 12.3. The van der Waals surface area contributed by atoms with Crippen molar-refractivity contribution in [2.45, 2.75) is 44.7 Å². The van der Waals surface area contributed by atoms with E-state index in [9.17, 15) is 13.2 Å². The Morgan fingerprint density at radius 3 is 2.54 bits per heavy atom. The molecule has 0 spiro atoms. The smallest absolute Gasteiger partial charge is 0.235 e. The molecule has 6 nitrogen and oxygen atoms in total. The van der Waals surface area contributed by atoms with E-state index in [0.717, 1.165) is 37.5 Å². The number of carbonyl (C=O) groups is 1. The summed E-state index contributed by atoms with van der Waals surface area (Å²) in [6.07, 6.45) is 6.49. The summed E-state index contributed by atoms with van der Waals surface area (Å²) in [5.41, 5.74) is 0.732. The summed E-state index contributed by atoms with van der Waals surface area (Å²) >= 11 is 0. The molecule has 0 saturated heterocycles. The van der Waals surface area contributed by atoms with Gasteiger partial charge in [0.15, 0.2) is 0 Å². The predicted molar refractivity (Wildman–Crippen MR) is 93.3 cm³/mol. The Kier molecular flexibility index (Phi) is 6.62. The van der Waals surface area contributed by atoms with E-state index in [2.05, 4.69) is 5.32 Å². The van der Waals surface area contributed by atoms with Crippen LogP contribution in [-0.4, -0.2) is 44.6 Å². The first-order chi connectivity index (χ1) is 11.4. The van der Waals surface area contributed by atoms with E-state index in [0.29, 0.717) is 5.75 Å². The number of hydrogen-bond donors (Lipinski definition) is 1. The zero-order chi connectivity index (χ0) is 17.6. The fraction of sp³-hybridized carbons (Fsp3) is 0.588. The highest BCUT2D eigenvalue weighted by Gasteiger charge is 2.23. The van der Waals surface area contributed by atoms with E-state index < -0.39 is 10.0 Å². The van der Waals surface area contributed by atoms with E-state index in [1.807, 2.05) is 12.1 Å². The predicted octanol–water partition coefficient (Wildman–Crippen LogP) is 1.91. The van der Waals surface area contributed by atoms with Gasteiger partial charge in [-0.2, -0.15) is 4.31 Å². The second-order valence-corrected chi connectivity index (χ2v) is 8.23. The fourth-order valence-electron chi connectivity index (χ4n) is 2.99. The molecule has 1 fully saturated rings. The number of rotatable bonds is 7. The SMILES string of the molecule is COc1ccccc1CN(CC(=O)NC1CCCCC1)S(C)(=O)=O.